The number of carbonyl (C=O) groups is 1. The second-order valence-electron chi connectivity index (χ2n) is 6.41. The van der Waals surface area contributed by atoms with Gasteiger partial charge >= 0.3 is 0 Å². The fourth-order valence-corrected chi connectivity index (χ4v) is 4.33. The second kappa shape index (κ2) is 5.58. The van der Waals surface area contributed by atoms with Crippen molar-refractivity contribution in [3.63, 3.8) is 0 Å². The molecule has 1 aliphatic heterocycles. The Morgan fingerprint density at radius 1 is 1.27 bits per heavy atom. The van der Waals surface area contributed by atoms with Crippen molar-refractivity contribution in [3.8, 4) is 0 Å². The maximum Gasteiger partial charge on any atom is 0.256 e. The van der Waals surface area contributed by atoms with Gasteiger partial charge in [0.2, 0.25) is 10.0 Å². The van der Waals surface area contributed by atoms with Crippen molar-refractivity contribution in [1.82, 2.24) is 19.6 Å². The number of likely N-dealkylation sites (tertiary alicyclic amines) is 1. The zero-order valence-corrected chi connectivity index (χ0v) is 13.3. The standard InChI is InChI=1S/C14H20N4O3S/c1-22(20,21)17-12-6-14(7-12)2-4-18(5-3-14)13(19)11-8-15-10-16-9-11/h8-10,12,17H,2-7H2,1H3. The van der Waals surface area contributed by atoms with Crippen LogP contribution in [0.2, 0.25) is 0 Å². The number of rotatable bonds is 3. The highest BCUT2D eigenvalue weighted by atomic mass is 32.2. The third-order valence-electron chi connectivity index (χ3n) is 4.66. The maximum absolute atomic E-state index is 12.3. The third kappa shape index (κ3) is 3.27. The molecule has 2 fully saturated rings. The monoisotopic (exact) mass is 324 g/mol. The molecule has 120 valence electrons. The predicted molar refractivity (Wildman–Crippen MR) is 80.6 cm³/mol. The molecule has 8 heteroatoms. The molecule has 1 saturated heterocycles. The lowest BCUT2D eigenvalue weighted by Crippen LogP contribution is -2.55. The number of nitrogens with one attached hydrogen (secondary N) is 1. The second-order valence-corrected chi connectivity index (χ2v) is 8.19. The summed E-state index contributed by atoms with van der Waals surface area (Å²) in [7, 11) is -3.13. The van der Waals surface area contributed by atoms with E-state index in [0.717, 1.165) is 25.7 Å². The lowest BCUT2D eigenvalue weighted by molar-refractivity contribution is 0.0137. The van der Waals surface area contributed by atoms with Crippen LogP contribution in [0.3, 0.4) is 0 Å². The molecular weight excluding hydrogens is 304 g/mol. The highest BCUT2D eigenvalue weighted by molar-refractivity contribution is 7.88. The minimum Gasteiger partial charge on any atom is -0.339 e. The Balaban J connectivity index is 1.53. The van der Waals surface area contributed by atoms with E-state index in [2.05, 4.69) is 14.7 Å². The summed E-state index contributed by atoms with van der Waals surface area (Å²) in [5, 5.41) is 0. The van der Waals surface area contributed by atoms with Crippen molar-refractivity contribution in [2.24, 2.45) is 5.41 Å². The highest BCUT2D eigenvalue weighted by Crippen LogP contribution is 2.49. The normalized spacial score (nSPS) is 21.6. The summed E-state index contributed by atoms with van der Waals surface area (Å²) < 4.78 is 25.1. The summed E-state index contributed by atoms with van der Waals surface area (Å²) in [5.41, 5.74) is 0.718. The molecule has 22 heavy (non-hydrogen) atoms. The van der Waals surface area contributed by atoms with E-state index >= 15 is 0 Å². The van der Waals surface area contributed by atoms with E-state index in [9.17, 15) is 13.2 Å². The van der Waals surface area contributed by atoms with Crippen LogP contribution in [0.15, 0.2) is 18.7 Å². The predicted octanol–water partition coefficient (Wildman–Crippen LogP) is 0.411. The molecule has 0 aromatic carbocycles. The maximum atomic E-state index is 12.3. The van der Waals surface area contributed by atoms with E-state index in [0.29, 0.717) is 18.7 Å². The van der Waals surface area contributed by atoms with Crippen LogP contribution in [0.25, 0.3) is 0 Å². The Labute approximate surface area is 130 Å². The summed E-state index contributed by atoms with van der Waals surface area (Å²) >= 11 is 0. The first kappa shape index (κ1) is 15.4. The van der Waals surface area contributed by atoms with Gasteiger partial charge in [0.05, 0.1) is 11.8 Å². The van der Waals surface area contributed by atoms with Gasteiger partial charge in [-0.1, -0.05) is 0 Å². The molecule has 3 rings (SSSR count). The largest absolute Gasteiger partial charge is 0.339 e. The molecular formula is C14H20N4O3S. The minimum atomic E-state index is -3.13. The quantitative estimate of drug-likeness (QED) is 0.869. The Hall–Kier alpha value is -1.54. The Morgan fingerprint density at radius 3 is 2.41 bits per heavy atom. The van der Waals surface area contributed by atoms with E-state index in [4.69, 9.17) is 0 Å². The third-order valence-corrected chi connectivity index (χ3v) is 5.42. The molecule has 1 N–H and O–H groups in total. The number of carbonyl (C=O) groups excluding carboxylic acids is 1. The lowest BCUT2D eigenvalue weighted by atomic mass is 9.60. The number of piperidine rings is 1. The first-order valence-corrected chi connectivity index (χ1v) is 9.28. The molecule has 1 aromatic heterocycles. The molecule has 0 atom stereocenters. The molecule has 0 radical (unpaired) electrons. The number of amides is 1. The van der Waals surface area contributed by atoms with Crippen molar-refractivity contribution < 1.29 is 13.2 Å². The summed E-state index contributed by atoms with van der Waals surface area (Å²) in [6.45, 7) is 1.42. The van der Waals surface area contributed by atoms with Crippen LogP contribution in [-0.4, -0.2) is 54.6 Å². The fourth-order valence-electron chi connectivity index (χ4n) is 3.56. The Kier molecular flexibility index (Phi) is 3.90. The fraction of sp³-hybridized carbons (Fsp3) is 0.643. The molecule has 2 aliphatic rings. The van der Waals surface area contributed by atoms with E-state index in [1.807, 2.05) is 4.90 Å². The number of hydrogen-bond donors (Lipinski definition) is 1. The number of nitrogens with zero attached hydrogens (tertiary/aromatic N) is 3. The number of hydrogen-bond acceptors (Lipinski definition) is 5. The molecule has 1 spiro atoms. The zero-order valence-electron chi connectivity index (χ0n) is 12.5. The van der Waals surface area contributed by atoms with E-state index in [-0.39, 0.29) is 17.4 Å². The van der Waals surface area contributed by atoms with E-state index < -0.39 is 10.0 Å². The first-order valence-electron chi connectivity index (χ1n) is 7.39. The summed E-state index contributed by atoms with van der Waals surface area (Å²) in [6, 6.07) is 0.0553. The summed E-state index contributed by atoms with van der Waals surface area (Å²) in [5.74, 6) is -0.0272. The van der Waals surface area contributed by atoms with Gasteiger partial charge in [-0.05, 0) is 31.1 Å². The molecule has 1 amide bonds. The molecule has 1 aliphatic carbocycles. The van der Waals surface area contributed by atoms with Gasteiger partial charge < -0.3 is 4.90 Å². The van der Waals surface area contributed by atoms with Crippen molar-refractivity contribution in [2.45, 2.75) is 31.7 Å². The van der Waals surface area contributed by atoms with Crippen LogP contribution in [0, 0.1) is 5.41 Å². The van der Waals surface area contributed by atoms with E-state index in [1.165, 1.54) is 25.0 Å². The average Bonchev–Trinajstić information content (AvgIpc) is 2.45. The molecule has 7 nitrogen and oxygen atoms in total. The lowest BCUT2D eigenvalue weighted by Gasteiger charge is -2.52. The van der Waals surface area contributed by atoms with Crippen molar-refractivity contribution in [3.05, 3.63) is 24.3 Å². The van der Waals surface area contributed by atoms with Gasteiger partial charge in [-0.25, -0.2) is 23.1 Å². The highest BCUT2D eigenvalue weighted by Gasteiger charge is 2.47. The van der Waals surface area contributed by atoms with Crippen LogP contribution in [0.4, 0.5) is 0 Å². The Morgan fingerprint density at radius 2 is 1.86 bits per heavy atom. The van der Waals surface area contributed by atoms with Crippen LogP contribution >= 0.6 is 0 Å². The SMILES string of the molecule is CS(=O)(=O)NC1CC2(CCN(C(=O)c3cncnc3)CC2)C1. The molecule has 0 bridgehead atoms. The van der Waals surface area contributed by atoms with Crippen molar-refractivity contribution in [1.29, 1.82) is 0 Å². The van der Waals surface area contributed by atoms with Gasteiger partial charge in [0, 0.05) is 31.5 Å². The van der Waals surface area contributed by atoms with Gasteiger partial charge in [-0.15, -0.1) is 0 Å². The number of aromatic nitrogens is 2. The van der Waals surface area contributed by atoms with Gasteiger partial charge in [0.15, 0.2) is 0 Å². The van der Waals surface area contributed by atoms with Gasteiger partial charge in [-0.2, -0.15) is 0 Å². The molecule has 1 aromatic rings. The van der Waals surface area contributed by atoms with Crippen LogP contribution < -0.4 is 4.72 Å². The Bertz CT molecular complexity index is 646. The minimum absolute atomic E-state index is 0.0272. The average molecular weight is 324 g/mol. The van der Waals surface area contributed by atoms with Crippen molar-refractivity contribution >= 4 is 15.9 Å². The van der Waals surface area contributed by atoms with Crippen molar-refractivity contribution in [2.75, 3.05) is 19.3 Å². The zero-order chi connectivity index (χ0) is 15.8. The smallest absolute Gasteiger partial charge is 0.256 e. The molecule has 0 unspecified atom stereocenters. The first-order chi connectivity index (χ1) is 10.4. The van der Waals surface area contributed by atoms with Crippen LogP contribution in [0.1, 0.15) is 36.0 Å². The molecule has 2 heterocycles. The van der Waals surface area contributed by atoms with Crippen LogP contribution in [0.5, 0.6) is 0 Å². The van der Waals surface area contributed by atoms with Crippen LogP contribution in [-0.2, 0) is 10.0 Å². The van der Waals surface area contributed by atoms with E-state index in [1.54, 1.807) is 0 Å². The van der Waals surface area contributed by atoms with Gasteiger partial charge in [0.1, 0.15) is 6.33 Å². The molecule has 1 saturated carbocycles. The number of sulfonamides is 1. The van der Waals surface area contributed by atoms with Gasteiger partial charge in [-0.3, -0.25) is 4.79 Å². The summed E-state index contributed by atoms with van der Waals surface area (Å²) in [6.07, 6.45) is 9.27. The topological polar surface area (TPSA) is 92.3 Å². The summed E-state index contributed by atoms with van der Waals surface area (Å²) in [4.78, 5) is 21.9. The van der Waals surface area contributed by atoms with Gasteiger partial charge in [0.25, 0.3) is 5.91 Å².